The van der Waals surface area contributed by atoms with Gasteiger partial charge >= 0.3 is 17.6 Å². The van der Waals surface area contributed by atoms with E-state index in [1.165, 1.54) is 0 Å². The minimum absolute atomic E-state index is 0.584. The third kappa shape index (κ3) is 10.3. The highest BCUT2D eigenvalue weighted by Gasteiger charge is 2.41. The van der Waals surface area contributed by atoms with E-state index in [4.69, 9.17) is 32.3 Å². The molecule has 198 valence electrons. The molecule has 0 amide bonds. The van der Waals surface area contributed by atoms with Crippen LogP contribution in [0.2, 0.25) is 12.1 Å². The minimum Gasteiger partial charge on any atom is -0.397 e. The smallest absolute Gasteiger partial charge is 0.397 e. The SMILES string of the molecule is CCO[Si](CCCN(CCC[Si](OCC)(OCC)OCC)c1ccccc1N)(OCC)OCC. The fourth-order valence-corrected chi connectivity index (χ4v) is 9.29. The highest BCUT2D eigenvalue weighted by Crippen LogP contribution is 2.26. The van der Waals surface area contributed by atoms with Crippen LogP contribution in [0, 0.1) is 0 Å². The summed E-state index contributed by atoms with van der Waals surface area (Å²) in [5.74, 6) is 0. The Morgan fingerprint density at radius 3 is 1.29 bits per heavy atom. The zero-order chi connectivity index (χ0) is 25.3. The van der Waals surface area contributed by atoms with Crippen LogP contribution in [0.5, 0.6) is 0 Å². The Balaban J connectivity index is 2.93. The molecular weight excluding hydrogens is 468 g/mol. The van der Waals surface area contributed by atoms with Gasteiger partial charge in [-0.25, -0.2) is 0 Å². The highest BCUT2D eigenvalue weighted by molar-refractivity contribution is 6.61. The molecule has 1 rings (SSSR count). The van der Waals surface area contributed by atoms with E-state index >= 15 is 0 Å². The number of nitrogens with zero attached hydrogens (tertiary/aromatic N) is 1. The standard InChI is InChI=1S/C24H48N2O6Si2/c1-7-27-33(28-8-2,29-9-3)21-15-19-26(24-18-14-13-17-23(24)25)20-16-22-34(30-10-4,31-11-5)32-12-6/h13-14,17-18H,7-12,15-16,19-22,25H2,1-6H3. The molecule has 0 bridgehead atoms. The van der Waals surface area contributed by atoms with Crippen molar-refractivity contribution in [2.45, 2.75) is 66.5 Å². The lowest BCUT2D eigenvalue weighted by molar-refractivity contribution is 0.0705. The van der Waals surface area contributed by atoms with E-state index in [0.29, 0.717) is 39.6 Å². The van der Waals surface area contributed by atoms with Gasteiger partial charge in [0.2, 0.25) is 0 Å². The number of hydrogen-bond acceptors (Lipinski definition) is 8. The van der Waals surface area contributed by atoms with Gasteiger partial charge in [0.05, 0.1) is 11.4 Å². The van der Waals surface area contributed by atoms with E-state index in [0.717, 1.165) is 49.4 Å². The van der Waals surface area contributed by atoms with Gasteiger partial charge in [0.1, 0.15) is 0 Å². The first kappa shape index (κ1) is 31.0. The molecule has 0 saturated heterocycles. The number of nitrogens with two attached hydrogens (primary N) is 1. The monoisotopic (exact) mass is 516 g/mol. The van der Waals surface area contributed by atoms with Gasteiger partial charge in [-0.1, -0.05) is 12.1 Å². The summed E-state index contributed by atoms with van der Waals surface area (Å²) in [6.07, 6.45) is 1.76. The number of para-hydroxylation sites is 2. The number of hydrogen-bond donors (Lipinski definition) is 1. The number of nitrogen functional groups attached to an aromatic ring is 1. The Kier molecular flexibility index (Phi) is 15.9. The molecule has 0 aliphatic carbocycles. The van der Waals surface area contributed by atoms with E-state index in [-0.39, 0.29) is 0 Å². The molecule has 0 heterocycles. The first-order valence-corrected chi connectivity index (χ1v) is 16.7. The summed E-state index contributed by atoms with van der Waals surface area (Å²) in [6.45, 7) is 17.1. The zero-order valence-corrected chi connectivity index (χ0v) is 24.3. The predicted molar refractivity (Wildman–Crippen MR) is 143 cm³/mol. The van der Waals surface area contributed by atoms with Crippen LogP contribution in [0.25, 0.3) is 0 Å². The highest BCUT2D eigenvalue weighted by atomic mass is 28.4. The third-order valence-electron chi connectivity index (χ3n) is 5.28. The molecule has 8 nitrogen and oxygen atoms in total. The average Bonchev–Trinajstić information content (AvgIpc) is 2.80. The van der Waals surface area contributed by atoms with Crippen LogP contribution in [0.4, 0.5) is 11.4 Å². The molecular formula is C24H48N2O6Si2. The van der Waals surface area contributed by atoms with Gasteiger partial charge in [0.15, 0.2) is 0 Å². The summed E-state index contributed by atoms with van der Waals surface area (Å²) in [4.78, 5) is 2.33. The van der Waals surface area contributed by atoms with Crippen molar-refractivity contribution in [2.75, 3.05) is 63.4 Å². The molecule has 0 aromatic heterocycles. The van der Waals surface area contributed by atoms with Crippen molar-refractivity contribution in [3.8, 4) is 0 Å². The molecule has 1 aromatic carbocycles. The van der Waals surface area contributed by atoms with Gasteiger partial charge in [0, 0.05) is 64.8 Å². The van der Waals surface area contributed by atoms with Crippen LogP contribution >= 0.6 is 0 Å². The zero-order valence-electron chi connectivity index (χ0n) is 22.3. The van der Waals surface area contributed by atoms with Crippen molar-refractivity contribution in [3.63, 3.8) is 0 Å². The molecule has 0 saturated carbocycles. The van der Waals surface area contributed by atoms with E-state index < -0.39 is 17.6 Å². The Labute approximate surface area is 209 Å². The normalized spacial score (nSPS) is 12.3. The number of anilines is 2. The molecule has 2 N–H and O–H groups in total. The fraction of sp³-hybridized carbons (Fsp3) is 0.750. The molecule has 0 fully saturated rings. The maximum absolute atomic E-state index is 6.35. The molecule has 1 aromatic rings. The van der Waals surface area contributed by atoms with E-state index in [1.54, 1.807) is 0 Å². The van der Waals surface area contributed by atoms with Gasteiger partial charge in [0.25, 0.3) is 0 Å². The third-order valence-corrected chi connectivity index (χ3v) is 11.6. The van der Waals surface area contributed by atoms with Crippen molar-refractivity contribution < 1.29 is 26.6 Å². The molecule has 0 unspecified atom stereocenters. The van der Waals surface area contributed by atoms with Crippen molar-refractivity contribution in [1.29, 1.82) is 0 Å². The summed E-state index contributed by atoms with van der Waals surface area (Å²) >= 11 is 0. The molecule has 34 heavy (non-hydrogen) atoms. The second-order valence-electron chi connectivity index (χ2n) is 7.72. The van der Waals surface area contributed by atoms with Crippen LogP contribution in [0.1, 0.15) is 54.4 Å². The summed E-state index contributed by atoms with van der Waals surface area (Å²) in [6, 6.07) is 9.54. The lowest BCUT2D eigenvalue weighted by Crippen LogP contribution is -2.47. The quantitative estimate of drug-likeness (QED) is 0.181. The molecule has 0 atom stereocenters. The van der Waals surface area contributed by atoms with E-state index in [9.17, 15) is 0 Å². The maximum atomic E-state index is 6.35. The van der Waals surface area contributed by atoms with Gasteiger partial charge < -0.3 is 37.2 Å². The molecule has 0 spiro atoms. The molecule has 0 aliphatic rings. The predicted octanol–water partition coefficient (Wildman–Crippen LogP) is 4.95. The van der Waals surface area contributed by atoms with Crippen LogP contribution in [-0.4, -0.2) is 70.3 Å². The second kappa shape index (κ2) is 17.4. The van der Waals surface area contributed by atoms with Crippen molar-refractivity contribution in [3.05, 3.63) is 24.3 Å². The van der Waals surface area contributed by atoms with E-state index in [1.807, 2.05) is 59.7 Å². The summed E-state index contributed by atoms with van der Waals surface area (Å²) in [5.41, 5.74) is 8.16. The molecule has 10 heteroatoms. The first-order chi connectivity index (χ1) is 16.4. The van der Waals surface area contributed by atoms with Gasteiger partial charge in [-0.05, 0) is 66.5 Å². The van der Waals surface area contributed by atoms with Crippen molar-refractivity contribution in [1.82, 2.24) is 0 Å². The topological polar surface area (TPSA) is 84.6 Å². The lowest BCUT2D eigenvalue weighted by Gasteiger charge is -2.32. The minimum atomic E-state index is -2.68. The van der Waals surface area contributed by atoms with Crippen LogP contribution in [-0.2, 0) is 26.6 Å². The molecule has 0 radical (unpaired) electrons. The van der Waals surface area contributed by atoms with Crippen molar-refractivity contribution >= 4 is 29.0 Å². The molecule has 0 aliphatic heterocycles. The van der Waals surface area contributed by atoms with Gasteiger partial charge in [-0.15, -0.1) is 0 Å². The van der Waals surface area contributed by atoms with Crippen LogP contribution in [0.3, 0.4) is 0 Å². The summed E-state index contributed by atoms with van der Waals surface area (Å²) in [7, 11) is -5.36. The van der Waals surface area contributed by atoms with Crippen molar-refractivity contribution in [2.24, 2.45) is 0 Å². The first-order valence-electron chi connectivity index (χ1n) is 12.9. The summed E-state index contributed by atoms with van der Waals surface area (Å²) in [5, 5.41) is 0. The van der Waals surface area contributed by atoms with Crippen LogP contribution < -0.4 is 10.6 Å². The summed E-state index contributed by atoms with van der Waals surface area (Å²) < 4.78 is 36.2. The largest absolute Gasteiger partial charge is 0.500 e. The Morgan fingerprint density at radius 1 is 0.618 bits per heavy atom. The maximum Gasteiger partial charge on any atom is 0.500 e. The Morgan fingerprint density at radius 2 is 0.971 bits per heavy atom. The number of benzene rings is 1. The van der Waals surface area contributed by atoms with Crippen LogP contribution in [0.15, 0.2) is 24.3 Å². The Bertz CT molecular complexity index is 590. The van der Waals surface area contributed by atoms with E-state index in [2.05, 4.69) is 11.0 Å². The average molecular weight is 517 g/mol. The fourth-order valence-electron chi connectivity index (χ4n) is 4.10. The lowest BCUT2D eigenvalue weighted by atomic mass is 10.2. The second-order valence-corrected chi connectivity index (χ2v) is 13.2. The van der Waals surface area contributed by atoms with Gasteiger partial charge in [-0.3, -0.25) is 0 Å². The Hall–Kier alpha value is -0.986. The number of rotatable bonds is 21. The van der Waals surface area contributed by atoms with Gasteiger partial charge in [-0.2, -0.15) is 0 Å².